The lowest BCUT2D eigenvalue weighted by Crippen LogP contribution is -2.28. The summed E-state index contributed by atoms with van der Waals surface area (Å²) < 4.78 is 14.9. The van der Waals surface area contributed by atoms with Crippen LogP contribution >= 0.6 is 23.5 Å². The Balaban J connectivity index is 1.61. The molecule has 3 aromatic rings. The van der Waals surface area contributed by atoms with Crippen molar-refractivity contribution in [2.75, 3.05) is 17.3 Å². The Bertz CT molecular complexity index is 1090. The predicted octanol–water partition coefficient (Wildman–Crippen LogP) is 4.38. The summed E-state index contributed by atoms with van der Waals surface area (Å²) in [5.41, 5.74) is 1.11. The fraction of sp³-hybridized carbons (Fsp3) is 0.273. The van der Waals surface area contributed by atoms with Crippen molar-refractivity contribution in [1.29, 1.82) is 0 Å². The minimum absolute atomic E-state index is 0.141. The third kappa shape index (κ3) is 6.10. The Morgan fingerprint density at radius 2 is 1.91 bits per heavy atom. The number of nitrogens with one attached hydrogen (secondary N) is 2. The van der Waals surface area contributed by atoms with Gasteiger partial charge in [0.05, 0.1) is 11.8 Å². The van der Waals surface area contributed by atoms with Crippen LogP contribution in [0.2, 0.25) is 0 Å². The van der Waals surface area contributed by atoms with Crippen molar-refractivity contribution in [3.8, 4) is 0 Å². The summed E-state index contributed by atoms with van der Waals surface area (Å²) in [6.45, 7) is 4.33. The molecule has 0 fully saturated rings. The number of carbonyl (C=O) groups is 2. The van der Waals surface area contributed by atoms with Gasteiger partial charge in [-0.25, -0.2) is 4.39 Å². The molecule has 0 aliphatic heterocycles. The molecule has 0 unspecified atom stereocenters. The summed E-state index contributed by atoms with van der Waals surface area (Å²) in [6, 6.07) is 12.6. The molecule has 168 valence electrons. The molecular formula is C22H24FN5O2S2. The topological polar surface area (TPSA) is 88.9 Å². The molecule has 0 bridgehead atoms. The van der Waals surface area contributed by atoms with Gasteiger partial charge in [0.2, 0.25) is 5.91 Å². The number of carbonyl (C=O) groups excluding carboxylic acids is 2. The number of rotatable bonds is 9. The maximum atomic E-state index is 13.1. The number of anilines is 1. The van der Waals surface area contributed by atoms with Crippen LogP contribution in [0.5, 0.6) is 0 Å². The zero-order valence-electron chi connectivity index (χ0n) is 18.0. The van der Waals surface area contributed by atoms with Gasteiger partial charge in [-0.2, -0.15) is 0 Å². The summed E-state index contributed by atoms with van der Waals surface area (Å²) in [6.07, 6.45) is 1.98. The van der Waals surface area contributed by atoms with Crippen LogP contribution in [-0.2, 0) is 11.3 Å². The van der Waals surface area contributed by atoms with Gasteiger partial charge in [0.25, 0.3) is 5.91 Å². The maximum Gasteiger partial charge on any atom is 0.251 e. The molecule has 0 saturated carbocycles. The average molecular weight is 474 g/mol. The Morgan fingerprint density at radius 1 is 1.16 bits per heavy atom. The highest BCUT2D eigenvalue weighted by Crippen LogP contribution is 2.22. The molecule has 0 radical (unpaired) electrons. The van der Waals surface area contributed by atoms with Crippen molar-refractivity contribution < 1.29 is 14.0 Å². The first-order valence-corrected chi connectivity index (χ1v) is 12.2. The van der Waals surface area contributed by atoms with Crippen LogP contribution in [0, 0.1) is 5.82 Å². The third-order valence-electron chi connectivity index (χ3n) is 4.59. The van der Waals surface area contributed by atoms with Gasteiger partial charge in [-0.05, 0) is 62.6 Å². The molecular weight excluding hydrogens is 449 g/mol. The summed E-state index contributed by atoms with van der Waals surface area (Å²) in [7, 11) is 0. The lowest BCUT2D eigenvalue weighted by atomic mass is 10.2. The second kappa shape index (κ2) is 11.1. The fourth-order valence-corrected chi connectivity index (χ4v) is 4.27. The van der Waals surface area contributed by atoms with E-state index in [4.69, 9.17) is 0 Å². The zero-order valence-corrected chi connectivity index (χ0v) is 19.6. The molecule has 2 N–H and O–H groups in total. The van der Waals surface area contributed by atoms with Crippen molar-refractivity contribution in [3.63, 3.8) is 0 Å². The predicted molar refractivity (Wildman–Crippen MR) is 126 cm³/mol. The van der Waals surface area contributed by atoms with Crippen LogP contribution in [-0.4, -0.2) is 38.6 Å². The molecule has 0 spiro atoms. The van der Waals surface area contributed by atoms with Crippen molar-refractivity contribution in [1.82, 2.24) is 20.1 Å². The first kappa shape index (κ1) is 23.8. The largest absolute Gasteiger partial charge is 0.342 e. The van der Waals surface area contributed by atoms with Crippen LogP contribution in [0.4, 0.5) is 10.1 Å². The van der Waals surface area contributed by atoms with E-state index in [0.29, 0.717) is 23.1 Å². The lowest BCUT2D eigenvalue weighted by Gasteiger charge is -2.15. The molecule has 3 rings (SSSR count). The molecule has 2 aromatic carbocycles. The minimum atomic E-state index is -0.419. The van der Waals surface area contributed by atoms with E-state index in [9.17, 15) is 14.0 Å². The zero-order chi connectivity index (χ0) is 23.1. The number of hydrogen-bond donors (Lipinski definition) is 2. The molecule has 1 atom stereocenters. The highest BCUT2D eigenvalue weighted by atomic mass is 32.2. The van der Waals surface area contributed by atoms with E-state index >= 15 is 0 Å². The maximum absolute atomic E-state index is 13.1. The second-order valence-corrected chi connectivity index (χ2v) is 8.68. The van der Waals surface area contributed by atoms with Crippen molar-refractivity contribution in [3.05, 3.63) is 65.7 Å². The average Bonchev–Trinajstić information content (AvgIpc) is 3.21. The van der Waals surface area contributed by atoms with Gasteiger partial charge in [-0.15, -0.1) is 22.0 Å². The van der Waals surface area contributed by atoms with Gasteiger partial charge in [0, 0.05) is 22.7 Å². The van der Waals surface area contributed by atoms with Crippen molar-refractivity contribution in [2.45, 2.75) is 36.5 Å². The summed E-state index contributed by atoms with van der Waals surface area (Å²) in [5.74, 6) is -0.110. The van der Waals surface area contributed by atoms with E-state index in [1.54, 1.807) is 18.7 Å². The molecule has 10 heteroatoms. The quantitative estimate of drug-likeness (QED) is 0.449. The molecule has 0 aliphatic carbocycles. The van der Waals surface area contributed by atoms with E-state index in [2.05, 4.69) is 20.8 Å². The van der Waals surface area contributed by atoms with Gasteiger partial charge in [0.1, 0.15) is 5.82 Å². The number of nitrogens with zero attached hydrogens (tertiary/aromatic N) is 3. The molecule has 32 heavy (non-hydrogen) atoms. The van der Waals surface area contributed by atoms with Gasteiger partial charge in [-0.3, -0.25) is 9.59 Å². The Hall–Kier alpha value is -2.85. The van der Waals surface area contributed by atoms with E-state index < -0.39 is 11.9 Å². The smallest absolute Gasteiger partial charge is 0.251 e. The van der Waals surface area contributed by atoms with Gasteiger partial charge in [-0.1, -0.05) is 17.8 Å². The Morgan fingerprint density at radius 3 is 2.59 bits per heavy atom. The van der Waals surface area contributed by atoms with E-state index in [-0.39, 0.29) is 17.6 Å². The van der Waals surface area contributed by atoms with Crippen molar-refractivity contribution >= 4 is 41.0 Å². The summed E-state index contributed by atoms with van der Waals surface area (Å²) >= 11 is 2.89. The van der Waals surface area contributed by atoms with E-state index in [1.807, 2.05) is 42.0 Å². The number of hydrogen-bond acceptors (Lipinski definition) is 6. The first-order chi connectivity index (χ1) is 15.4. The Kier molecular flexibility index (Phi) is 8.29. The second-order valence-electron chi connectivity index (χ2n) is 6.86. The van der Waals surface area contributed by atoms with Crippen LogP contribution in [0.25, 0.3) is 0 Å². The molecule has 1 heterocycles. The standard InChI is InChI=1S/C22H24FN5O2S2/c1-4-28-20(14(2)24-21(30)15-8-10-16(23)11-9-15)26-27-22(28)32-13-19(29)25-17-6-5-7-18(12-17)31-3/h5-12,14H,4,13H2,1-3H3,(H,24,30)(H,25,29)/t14-/m1/s1. The lowest BCUT2D eigenvalue weighted by molar-refractivity contribution is -0.113. The van der Waals surface area contributed by atoms with Crippen LogP contribution in [0.15, 0.2) is 58.6 Å². The SMILES string of the molecule is CCn1c(SCC(=O)Nc2cccc(SC)c2)nnc1[C@@H](C)NC(=O)c1ccc(F)cc1. The molecule has 7 nitrogen and oxygen atoms in total. The van der Waals surface area contributed by atoms with Crippen LogP contribution in [0.3, 0.4) is 0 Å². The number of amides is 2. The third-order valence-corrected chi connectivity index (χ3v) is 6.28. The highest BCUT2D eigenvalue weighted by Gasteiger charge is 2.20. The summed E-state index contributed by atoms with van der Waals surface area (Å²) in [4.78, 5) is 25.9. The fourth-order valence-electron chi connectivity index (χ4n) is 3.00. The highest BCUT2D eigenvalue weighted by molar-refractivity contribution is 7.99. The summed E-state index contributed by atoms with van der Waals surface area (Å²) in [5, 5.41) is 14.7. The molecule has 1 aromatic heterocycles. The number of aromatic nitrogens is 3. The molecule has 0 saturated heterocycles. The monoisotopic (exact) mass is 473 g/mol. The van der Waals surface area contributed by atoms with E-state index in [0.717, 1.165) is 10.6 Å². The van der Waals surface area contributed by atoms with Crippen LogP contribution in [0.1, 0.15) is 36.1 Å². The molecule has 2 amide bonds. The number of thioether (sulfide) groups is 2. The van der Waals surface area contributed by atoms with Gasteiger partial charge in [0.15, 0.2) is 11.0 Å². The normalized spacial score (nSPS) is 11.8. The molecule has 0 aliphatic rings. The van der Waals surface area contributed by atoms with Crippen LogP contribution < -0.4 is 10.6 Å². The Labute approximate surface area is 194 Å². The number of halogens is 1. The van der Waals surface area contributed by atoms with Gasteiger partial charge < -0.3 is 15.2 Å². The number of benzene rings is 2. The first-order valence-electron chi connectivity index (χ1n) is 9.97. The minimum Gasteiger partial charge on any atom is -0.342 e. The van der Waals surface area contributed by atoms with E-state index in [1.165, 1.54) is 36.0 Å². The van der Waals surface area contributed by atoms with Gasteiger partial charge >= 0.3 is 0 Å². The van der Waals surface area contributed by atoms with Crippen molar-refractivity contribution in [2.24, 2.45) is 0 Å².